The van der Waals surface area contributed by atoms with Gasteiger partial charge >= 0.3 is 12.3 Å². The van der Waals surface area contributed by atoms with Crippen molar-refractivity contribution < 1.29 is 37.1 Å². The molecule has 1 N–H and O–H groups in total. The van der Waals surface area contributed by atoms with Crippen LogP contribution in [0, 0.1) is 0 Å². The molecule has 4 rings (SSSR count). The monoisotopic (exact) mass is 590 g/mol. The van der Waals surface area contributed by atoms with Gasteiger partial charge in [-0.1, -0.05) is 12.1 Å². The first-order chi connectivity index (χ1) is 19.9. The minimum absolute atomic E-state index is 0.256. The van der Waals surface area contributed by atoms with Crippen LogP contribution in [-0.2, 0) is 31.8 Å². The molecule has 42 heavy (non-hydrogen) atoms. The van der Waals surface area contributed by atoms with E-state index < -0.39 is 35.6 Å². The summed E-state index contributed by atoms with van der Waals surface area (Å²) in [6.07, 6.45) is 2.39. The molecule has 2 fully saturated rings. The van der Waals surface area contributed by atoms with E-state index in [1.54, 1.807) is 45.2 Å². The predicted molar refractivity (Wildman–Crippen MR) is 150 cm³/mol. The molecule has 2 atom stereocenters. The van der Waals surface area contributed by atoms with Gasteiger partial charge in [-0.2, -0.15) is 13.2 Å². The van der Waals surface area contributed by atoms with Gasteiger partial charge in [-0.05, 0) is 81.5 Å². The van der Waals surface area contributed by atoms with Crippen molar-refractivity contribution in [1.82, 2.24) is 15.4 Å². The summed E-state index contributed by atoms with van der Waals surface area (Å²) in [5, 5.41) is 0. The standard InChI is InChI=1S/C30H37F3N4O5/c1-29(2,3)41-28(39)37(24-15-16-36(20-24)19-22-7-11-23(12-8-22)30(31,32)33)25-13-9-21(18-34-25)10-14-26(38)35-42-27-6-4-5-17-40-27/h7-14,18,24,27H,4-6,15-17,19-20H2,1-3H3,(H,35,38)/b14-10+/t24-,27?/m1/s1. The molecule has 2 saturated heterocycles. The Morgan fingerprint density at radius 3 is 2.50 bits per heavy atom. The first-order valence-electron chi connectivity index (χ1n) is 14.0. The lowest BCUT2D eigenvalue weighted by Gasteiger charge is -2.31. The number of nitrogens with zero attached hydrogens (tertiary/aromatic N) is 3. The van der Waals surface area contributed by atoms with E-state index in [4.69, 9.17) is 14.3 Å². The highest BCUT2D eigenvalue weighted by Crippen LogP contribution is 2.30. The zero-order valence-corrected chi connectivity index (χ0v) is 24.0. The van der Waals surface area contributed by atoms with Gasteiger partial charge in [0.25, 0.3) is 5.91 Å². The second kappa shape index (κ2) is 13.7. The minimum atomic E-state index is -4.38. The average molecular weight is 591 g/mol. The van der Waals surface area contributed by atoms with Crippen molar-refractivity contribution in [1.29, 1.82) is 0 Å². The number of alkyl halides is 3. The molecule has 3 heterocycles. The molecule has 2 aliphatic rings. The predicted octanol–water partition coefficient (Wildman–Crippen LogP) is 5.70. The number of rotatable bonds is 8. The van der Waals surface area contributed by atoms with Crippen LogP contribution in [0.1, 0.15) is 63.1 Å². The third kappa shape index (κ3) is 9.27. The number of carbonyl (C=O) groups is 2. The Morgan fingerprint density at radius 2 is 1.88 bits per heavy atom. The highest BCUT2D eigenvalue weighted by atomic mass is 19.4. The second-order valence-electron chi connectivity index (χ2n) is 11.4. The highest BCUT2D eigenvalue weighted by molar-refractivity contribution is 5.91. The zero-order valence-electron chi connectivity index (χ0n) is 24.0. The van der Waals surface area contributed by atoms with E-state index in [0.29, 0.717) is 44.0 Å². The first-order valence-corrected chi connectivity index (χ1v) is 14.0. The molecule has 1 unspecified atom stereocenters. The van der Waals surface area contributed by atoms with E-state index in [-0.39, 0.29) is 6.04 Å². The molecule has 0 spiro atoms. The Morgan fingerprint density at radius 1 is 1.12 bits per heavy atom. The van der Waals surface area contributed by atoms with Crippen molar-refractivity contribution in [3.05, 3.63) is 65.4 Å². The normalized spacial score (nSPS) is 20.0. The fraction of sp³-hybridized carbons (Fsp3) is 0.500. The maximum atomic E-state index is 13.3. The molecule has 0 aliphatic carbocycles. The largest absolute Gasteiger partial charge is 0.443 e. The lowest BCUT2D eigenvalue weighted by atomic mass is 10.1. The van der Waals surface area contributed by atoms with Gasteiger partial charge in [0.05, 0.1) is 11.6 Å². The van der Waals surface area contributed by atoms with Crippen molar-refractivity contribution in [3.63, 3.8) is 0 Å². The Kier molecular flexibility index (Phi) is 10.2. The van der Waals surface area contributed by atoms with E-state index in [2.05, 4.69) is 15.4 Å². The molecule has 9 nitrogen and oxygen atoms in total. The van der Waals surface area contributed by atoms with Crippen LogP contribution in [0.4, 0.5) is 23.8 Å². The van der Waals surface area contributed by atoms with Crippen LogP contribution in [0.15, 0.2) is 48.7 Å². The molecule has 2 aliphatic heterocycles. The molecule has 1 aromatic carbocycles. The maximum Gasteiger partial charge on any atom is 0.416 e. The van der Waals surface area contributed by atoms with E-state index in [0.717, 1.165) is 37.0 Å². The van der Waals surface area contributed by atoms with Crippen LogP contribution < -0.4 is 10.4 Å². The number of hydrogen-bond acceptors (Lipinski definition) is 7. The molecule has 2 aromatic rings. The number of amides is 2. The summed E-state index contributed by atoms with van der Waals surface area (Å²) in [4.78, 5) is 38.8. The van der Waals surface area contributed by atoms with Crippen LogP contribution in [-0.4, -0.2) is 59.5 Å². The number of benzene rings is 1. The third-order valence-corrected chi connectivity index (χ3v) is 6.76. The third-order valence-electron chi connectivity index (χ3n) is 6.76. The van der Waals surface area contributed by atoms with Crippen molar-refractivity contribution in [2.45, 2.75) is 77.1 Å². The molecular formula is C30H37F3N4O5. The second-order valence-corrected chi connectivity index (χ2v) is 11.4. The Bertz CT molecular complexity index is 1220. The molecule has 12 heteroatoms. The molecule has 1 aromatic heterocycles. The molecule has 0 bridgehead atoms. The summed E-state index contributed by atoms with van der Waals surface area (Å²) >= 11 is 0. The fourth-order valence-corrected chi connectivity index (χ4v) is 4.74. The number of anilines is 1. The summed E-state index contributed by atoms with van der Waals surface area (Å²) < 4.78 is 49.9. The minimum Gasteiger partial charge on any atom is -0.443 e. The fourth-order valence-electron chi connectivity index (χ4n) is 4.74. The number of likely N-dealkylation sites (tertiary alicyclic amines) is 1. The van der Waals surface area contributed by atoms with Crippen LogP contribution in [0.5, 0.6) is 0 Å². The number of hydrogen-bond donors (Lipinski definition) is 1. The van der Waals surface area contributed by atoms with Gasteiger partial charge in [-0.3, -0.25) is 14.6 Å². The average Bonchev–Trinajstić information content (AvgIpc) is 3.38. The number of ether oxygens (including phenoxy) is 2. The van der Waals surface area contributed by atoms with Crippen molar-refractivity contribution in [2.24, 2.45) is 0 Å². The van der Waals surface area contributed by atoms with E-state index in [1.165, 1.54) is 23.1 Å². The zero-order chi connectivity index (χ0) is 30.3. The van der Waals surface area contributed by atoms with Crippen LogP contribution in [0.25, 0.3) is 6.08 Å². The van der Waals surface area contributed by atoms with Crippen molar-refractivity contribution in [3.8, 4) is 0 Å². The summed E-state index contributed by atoms with van der Waals surface area (Å²) in [6, 6.07) is 8.29. The highest BCUT2D eigenvalue weighted by Gasteiger charge is 2.35. The maximum absolute atomic E-state index is 13.3. The molecule has 0 saturated carbocycles. The van der Waals surface area contributed by atoms with Crippen molar-refractivity contribution in [2.75, 3.05) is 24.6 Å². The van der Waals surface area contributed by atoms with Crippen molar-refractivity contribution >= 4 is 23.9 Å². The van der Waals surface area contributed by atoms with Crippen LogP contribution in [0.2, 0.25) is 0 Å². The number of aromatic nitrogens is 1. The van der Waals surface area contributed by atoms with E-state index in [9.17, 15) is 22.8 Å². The van der Waals surface area contributed by atoms with Crippen LogP contribution >= 0.6 is 0 Å². The SMILES string of the molecule is CC(C)(C)OC(=O)N(c1ccc(/C=C/C(=O)NOC2CCCCO2)cn1)[C@@H]1CCN(Cc2ccc(C(F)(F)F)cc2)C1. The summed E-state index contributed by atoms with van der Waals surface area (Å²) in [5.41, 5.74) is 2.34. The van der Waals surface area contributed by atoms with Crippen LogP contribution in [0.3, 0.4) is 0 Å². The molecule has 2 amide bonds. The van der Waals surface area contributed by atoms with Gasteiger partial charge in [0.1, 0.15) is 11.4 Å². The molecule has 228 valence electrons. The number of hydroxylamine groups is 1. The van der Waals surface area contributed by atoms with Gasteiger partial charge in [0, 0.05) is 44.9 Å². The number of nitrogens with one attached hydrogen (secondary N) is 1. The molecule has 0 radical (unpaired) electrons. The number of carbonyl (C=O) groups excluding carboxylic acids is 2. The van der Waals surface area contributed by atoms with Gasteiger partial charge < -0.3 is 9.47 Å². The number of pyridine rings is 1. The van der Waals surface area contributed by atoms with E-state index in [1.807, 2.05) is 0 Å². The Balaban J connectivity index is 1.40. The van der Waals surface area contributed by atoms with Gasteiger partial charge in [0.2, 0.25) is 0 Å². The quantitative estimate of drug-likeness (QED) is 0.311. The van der Waals surface area contributed by atoms with Gasteiger partial charge in [0.15, 0.2) is 6.29 Å². The summed E-state index contributed by atoms with van der Waals surface area (Å²) in [5.74, 6) is -0.0484. The van der Waals surface area contributed by atoms with E-state index >= 15 is 0 Å². The topological polar surface area (TPSA) is 93.2 Å². The van der Waals surface area contributed by atoms with Gasteiger partial charge in [-0.15, -0.1) is 0 Å². The summed E-state index contributed by atoms with van der Waals surface area (Å²) in [7, 11) is 0. The first kappa shape index (κ1) is 31.5. The lowest BCUT2D eigenvalue weighted by molar-refractivity contribution is -0.198. The Labute approximate surface area is 243 Å². The molecular weight excluding hydrogens is 553 g/mol. The Hall–Kier alpha value is -3.48. The number of halogens is 3. The summed E-state index contributed by atoms with van der Waals surface area (Å²) in [6.45, 7) is 7.55. The lowest BCUT2D eigenvalue weighted by Crippen LogP contribution is -2.45. The smallest absolute Gasteiger partial charge is 0.416 e. The van der Waals surface area contributed by atoms with Gasteiger partial charge in [-0.25, -0.2) is 20.1 Å².